The molecule has 0 N–H and O–H groups in total. The highest BCUT2D eigenvalue weighted by Crippen LogP contribution is 2.44. The van der Waals surface area contributed by atoms with Crippen molar-refractivity contribution in [3.63, 3.8) is 0 Å². The number of hydrogen-bond acceptors (Lipinski definition) is 3. The van der Waals surface area contributed by atoms with Crippen LogP contribution in [0.3, 0.4) is 0 Å². The summed E-state index contributed by atoms with van der Waals surface area (Å²) in [7, 11) is 0. The van der Waals surface area contributed by atoms with Gasteiger partial charge in [0, 0.05) is 32.9 Å². The van der Waals surface area contributed by atoms with Gasteiger partial charge in [-0.3, -0.25) is 0 Å². The minimum absolute atomic E-state index is 0.121. The predicted molar refractivity (Wildman–Crippen MR) is 179 cm³/mol. The molecule has 0 aliphatic carbocycles. The van der Waals surface area contributed by atoms with Crippen LogP contribution in [0.15, 0.2) is 160 Å². The van der Waals surface area contributed by atoms with Gasteiger partial charge in [0.2, 0.25) is 0 Å². The van der Waals surface area contributed by atoms with Gasteiger partial charge in [-0.25, -0.2) is 0 Å². The van der Waals surface area contributed by atoms with Gasteiger partial charge in [0.1, 0.15) is 22.3 Å². The first kappa shape index (κ1) is 20.1. The quantitative estimate of drug-likeness (QED) is 0.216. The lowest BCUT2D eigenvalue weighted by molar-refractivity contribution is 0.669. The van der Waals surface area contributed by atoms with Crippen molar-refractivity contribution in [2.24, 2.45) is 0 Å². The van der Waals surface area contributed by atoms with Gasteiger partial charge < -0.3 is 13.7 Å². The van der Waals surface area contributed by atoms with E-state index < -0.39 is 0 Å². The van der Waals surface area contributed by atoms with Crippen LogP contribution in [0, 0.1) is 0 Å². The van der Waals surface area contributed by atoms with E-state index >= 15 is 0 Å². The molecule has 2 heterocycles. The second-order valence-electron chi connectivity index (χ2n) is 10.6. The van der Waals surface area contributed by atoms with Gasteiger partial charge in [0.15, 0.2) is 0 Å². The van der Waals surface area contributed by atoms with Gasteiger partial charge >= 0.3 is 0 Å². The Morgan fingerprint density at radius 1 is 0.465 bits per heavy atom. The molecule has 3 nitrogen and oxygen atoms in total. The molecule has 0 saturated heterocycles. The standard InChI is InChI=1S/C40H25NO2/c1-2-10-29(11-3-1)41(35-14-8-16-38-39(35)33-23-19-27-9-4-5-12-31(27)40(33)43-38)30-21-17-26(18-22-30)28-20-24-37-34(25-28)32-13-6-7-15-36(32)42-37/h1-25H/i17D,18D,21D,22D. The fourth-order valence-corrected chi connectivity index (χ4v) is 6.13. The van der Waals surface area contributed by atoms with Crippen molar-refractivity contribution in [3.05, 3.63) is 152 Å². The fourth-order valence-electron chi connectivity index (χ4n) is 6.13. The van der Waals surface area contributed by atoms with Crippen molar-refractivity contribution in [1.29, 1.82) is 0 Å². The molecule has 3 heteroatoms. The summed E-state index contributed by atoms with van der Waals surface area (Å²) in [6.45, 7) is 0. The zero-order chi connectivity index (χ0) is 31.8. The third-order valence-corrected chi connectivity index (χ3v) is 8.12. The Balaban J connectivity index is 1.31. The lowest BCUT2D eigenvalue weighted by Gasteiger charge is -2.26. The third kappa shape index (κ3) is 3.75. The van der Waals surface area contributed by atoms with Crippen LogP contribution in [0.25, 0.3) is 65.8 Å². The van der Waals surface area contributed by atoms with Crippen molar-refractivity contribution in [2.45, 2.75) is 0 Å². The van der Waals surface area contributed by atoms with E-state index in [-0.39, 0.29) is 35.4 Å². The van der Waals surface area contributed by atoms with Crippen LogP contribution >= 0.6 is 0 Å². The molecule has 0 spiro atoms. The maximum atomic E-state index is 9.38. The third-order valence-electron chi connectivity index (χ3n) is 8.12. The molecule has 0 atom stereocenters. The smallest absolute Gasteiger partial charge is 0.143 e. The molecule has 0 fully saturated rings. The average molecular weight is 556 g/mol. The van der Waals surface area contributed by atoms with E-state index in [0.29, 0.717) is 28.1 Å². The molecule has 43 heavy (non-hydrogen) atoms. The molecule has 7 aromatic carbocycles. The topological polar surface area (TPSA) is 29.5 Å². The van der Waals surface area contributed by atoms with Crippen LogP contribution in [0.5, 0.6) is 0 Å². The molecular weight excluding hydrogens is 526 g/mol. The van der Waals surface area contributed by atoms with Crippen molar-refractivity contribution in [2.75, 3.05) is 4.90 Å². The van der Waals surface area contributed by atoms with E-state index in [4.69, 9.17) is 8.83 Å². The van der Waals surface area contributed by atoms with E-state index in [0.717, 1.165) is 43.5 Å². The Morgan fingerprint density at radius 3 is 2.09 bits per heavy atom. The van der Waals surface area contributed by atoms with Crippen molar-refractivity contribution < 1.29 is 14.3 Å². The molecule has 202 valence electrons. The molecule has 9 rings (SSSR count). The fraction of sp³-hybridized carbons (Fsp3) is 0. The minimum atomic E-state index is -0.141. The highest BCUT2D eigenvalue weighted by atomic mass is 16.3. The average Bonchev–Trinajstić information content (AvgIpc) is 3.68. The summed E-state index contributed by atoms with van der Waals surface area (Å²) in [5.41, 5.74) is 5.27. The molecule has 0 amide bonds. The molecule has 0 unspecified atom stereocenters. The van der Waals surface area contributed by atoms with Crippen molar-refractivity contribution in [3.8, 4) is 11.1 Å². The first-order chi connectivity index (χ1) is 23.0. The Hall–Kier alpha value is -5.80. The van der Waals surface area contributed by atoms with Gasteiger partial charge in [-0.05, 0) is 77.1 Å². The van der Waals surface area contributed by atoms with E-state index in [1.807, 2.05) is 114 Å². The lowest BCUT2D eigenvalue weighted by atomic mass is 10.0. The highest BCUT2D eigenvalue weighted by Gasteiger charge is 2.20. The van der Waals surface area contributed by atoms with Crippen LogP contribution in [-0.2, 0) is 0 Å². The summed E-state index contributed by atoms with van der Waals surface area (Å²) in [5, 5.41) is 5.58. The van der Waals surface area contributed by atoms with E-state index in [2.05, 4.69) is 12.1 Å². The number of nitrogens with zero attached hydrogens (tertiary/aromatic N) is 1. The van der Waals surface area contributed by atoms with E-state index in [9.17, 15) is 5.48 Å². The molecule has 0 aliphatic rings. The monoisotopic (exact) mass is 555 g/mol. The summed E-state index contributed by atoms with van der Waals surface area (Å²) in [6, 6.07) is 40.2. The van der Waals surface area contributed by atoms with Crippen molar-refractivity contribution >= 4 is 71.7 Å². The molecule has 9 aromatic rings. The number of benzene rings is 7. The summed E-state index contributed by atoms with van der Waals surface area (Å²) in [4.78, 5) is 1.82. The first-order valence-corrected chi connectivity index (χ1v) is 14.2. The van der Waals surface area contributed by atoms with Crippen LogP contribution in [0.1, 0.15) is 5.48 Å². The number of rotatable bonds is 4. The lowest BCUT2D eigenvalue weighted by Crippen LogP contribution is -2.10. The van der Waals surface area contributed by atoms with E-state index in [1.54, 1.807) is 6.07 Å². The largest absolute Gasteiger partial charge is 0.456 e. The molecule has 0 radical (unpaired) electrons. The van der Waals surface area contributed by atoms with E-state index in [1.165, 1.54) is 0 Å². The van der Waals surface area contributed by atoms with Gasteiger partial charge in [-0.15, -0.1) is 0 Å². The summed E-state index contributed by atoms with van der Waals surface area (Å²) >= 11 is 0. The molecule has 0 aliphatic heterocycles. The van der Waals surface area contributed by atoms with Crippen molar-refractivity contribution in [1.82, 2.24) is 0 Å². The predicted octanol–water partition coefficient (Wildman–Crippen LogP) is 11.8. The number of furan rings is 2. The van der Waals surface area contributed by atoms with Crippen LogP contribution in [0.2, 0.25) is 0 Å². The SMILES string of the molecule is [2H]c1c([2H])c(N(c2ccccc2)c2cccc3oc4c5ccccc5ccc4c23)c([2H])c([2H])c1-c1ccc2oc3ccccc3c2c1. The summed E-state index contributed by atoms with van der Waals surface area (Å²) in [6.07, 6.45) is 0. The Morgan fingerprint density at radius 2 is 1.21 bits per heavy atom. The summed E-state index contributed by atoms with van der Waals surface area (Å²) in [5.74, 6) is 0. The zero-order valence-electron chi connectivity index (χ0n) is 26.9. The number of anilines is 3. The van der Waals surface area contributed by atoms with Gasteiger partial charge in [0.25, 0.3) is 0 Å². The van der Waals surface area contributed by atoms with Crippen LogP contribution in [-0.4, -0.2) is 0 Å². The number of hydrogen-bond donors (Lipinski definition) is 0. The van der Waals surface area contributed by atoms with Gasteiger partial charge in [0.05, 0.1) is 16.6 Å². The van der Waals surface area contributed by atoms with Gasteiger partial charge in [-0.1, -0.05) is 90.9 Å². The molecule has 0 saturated carbocycles. The molecule has 0 bridgehead atoms. The second kappa shape index (κ2) is 9.37. The van der Waals surface area contributed by atoms with Gasteiger partial charge in [-0.2, -0.15) is 0 Å². The normalized spacial score (nSPS) is 13.0. The maximum Gasteiger partial charge on any atom is 0.143 e. The molecule has 2 aromatic heterocycles. The number of para-hydroxylation sites is 2. The summed E-state index contributed by atoms with van der Waals surface area (Å²) < 4.78 is 49.8. The Labute approximate surface area is 253 Å². The Bertz CT molecular complexity index is 2670. The van der Waals surface area contributed by atoms with Crippen LogP contribution in [0.4, 0.5) is 17.1 Å². The minimum Gasteiger partial charge on any atom is -0.456 e. The highest BCUT2D eigenvalue weighted by molar-refractivity contribution is 6.19. The number of fused-ring (bicyclic) bond motifs is 8. The maximum absolute atomic E-state index is 9.38. The van der Waals surface area contributed by atoms with Crippen LogP contribution < -0.4 is 4.90 Å². The zero-order valence-corrected chi connectivity index (χ0v) is 22.9. The molecular formula is C40H25NO2. The second-order valence-corrected chi connectivity index (χ2v) is 10.6. The Kier molecular flexibility index (Phi) is 4.39. The first-order valence-electron chi connectivity index (χ1n) is 16.2.